The molecular formula is C27H24N2O5S. The fourth-order valence-corrected chi connectivity index (χ4v) is 5.84. The highest BCUT2D eigenvalue weighted by Gasteiger charge is 2.46. The molecule has 0 aromatic heterocycles. The van der Waals surface area contributed by atoms with E-state index in [2.05, 4.69) is 6.07 Å². The van der Waals surface area contributed by atoms with Crippen LogP contribution >= 0.6 is 0 Å². The van der Waals surface area contributed by atoms with Crippen LogP contribution in [0, 0.1) is 22.7 Å². The van der Waals surface area contributed by atoms with Crippen molar-refractivity contribution >= 4 is 10.8 Å². The lowest BCUT2D eigenvalue weighted by Crippen LogP contribution is -2.50. The predicted octanol–water partition coefficient (Wildman–Crippen LogP) is 2.72. The zero-order chi connectivity index (χ0) is 24.8. The third kappa shape index (κ3) is 5.52. The average Bonchev–Trinajstić information content (AvgIpc) is 2.97. The van der Waals surface area contributed by atoms with Gasteiger partial charge >= 0.3 is 0 Å². The van der Waals surface area contributed by atoms with Crippen LogP contribution in [0.2, 0.25) is 0 Å². The number of nitriles is 2. The van der Waals surface area contributed by atoms with Gasteiger partial charge in [0.15, 0.2) is 0 Å². The van der Waals surface area contributed by atoms with Gasteiger partial charge in [0.2, 0.25) is 0 Å². The highest BCUT2D eigenvalue weighted by Crippen LogP contribution is 2.30. The van der Waals surface area contributed by atoms with Crippen LogP contribution in [0.1, 0.15) is 16.7 Å². The number of nitrogens with zero attached hydrogens (tertiary/aromatic N) is 2. The van der Waals surface area contributed by atoms with Gasteiger partial charge in [-0.2, -0.15) is 10.5 Å². The molecule has 0 aliphatic carbocycles. The Labute approximate surface area is 206 Å². The van der Waals surface area contributed by atoms with Gasteiger partial charge < -0.3 is 19.7 Å². The Hall–Kier alpha value is -3.69. The molecule has 3 aromatic carbocycles. The molecule has 2 N–H and O–H groups in total. The second-order valence-electron chi connectivity index (χ2n) is 8.21. The molecule has 4 rings (SSSR count). The number of para-hydroxylation sites is 2. The monoisotopic (exact) mass is 488 g/mol. The Balaban J connectivity index is 1.69. The van der Waals surface area contributed by atoms with E-state index < -0.39 is 40.5 Å². The van der Waals surface area contributed by atoms with Gasteiger partial charge in [-0.1, -0.05) is 54.6 Å². The van der Waals surface area contributed by atoms with Crippen molar-refractivity contribution in [2.75, 3.05) is 5.75 Å². The van der Waals surface area contributed by atoms with Crippen LogP contribution in [0.15, 0.2) is 78.9 Å². The molecule has 1 heterocycles. The third-order valence-electron chi connectivity index (χ3n) is 5.94. The van der Waals surface area contributed by atoms with Gasteiger partial charge in [0, 0.05) is 10.8 Å². The molecule has 7 nitrogen and oxygen atoms in total. The van der Waals surface area contributed by atoms with Crippen LogP contribution in [0.3, 0.4) is 0 Å². The van der Waals surface area contributed by atoms with Crippen molar-refractivity contribution in [1.82, 2.24) is 0 Å². The molecule has 1 unspecified atom stereocenters. The maximum absolute atomic E-state index is 13.6. The highest BCUT2D eigenvalue weighted by atomic mass is 32.2. The van der Waals surface area contributed by atoms with Crippen LogP contribution in [0.5, 0.6) is 11.5 Å². The SMILES string of the molecule is N#Cc1ccccc1O[C@@H]1[C@H](O)[C@@H](O)[C@@H](Oc2ccccc2C#N)CS(=O)[C@@H]1Cc1ccccc1. The van der Waals surface area contributed by atoms with Crippen molar-refractivity contribution in [2.24, 2.45) is 0 Å². The van der Waals surface area contributed by atoms with E-state index in [9.17, 15) is 24.9 Å². The molecule has 1 saturated heterocycles. The van der Waals surface area contributed by atoms with Crippen molar-refractivity contribution in [2.45, 2.75) is 36.1 Å². The Morgan fingerprint density at radius 3 is 1.94 bits per heavy atom. The van der Waals surface area contributed by atoms with E-state index in [0.717, 1.165) is 5.56 Å². The Bertz CT molecular complexity index is 1270. The van der Waals surface area contributed by atoms with Crippen molar-refractivity contribution in [3.8, 4) is 23.6 Å². The Morgan fingerprint density at radius 1 is 0.800 bits per heavy atom. The largest absolute Gasteiger partial charge is 0.485 e. The summed E-state index contributed by atoms with van der Waals surface area (Å²) in [5, 5.41) is 40.5. The number of benzene rings is 3. The molecule has 0 amide bonds. The minimum atomic E-state index is -1.60. The first-order valence-electron chi connectivity index (χ1n) is 11.1. The van der Waals surface area contributed by atoms with E-state index >= 15 is 0 Å². The predicted molar refractivity (Wildman–Crippen MR) is 130 cm³/mol. The minimum absolute atomic E-state index is 0.0742. The molecule has 178 valence electrons. The summed E-state index contributed by atoms with van der Waals surface area (Å²) in [4.78, 5) is 0. The minimum Gasteiger partial charge on any atom is -0.485 e. The van der Waals surface area contributed by atoms with Crippen molar-refractivity contribution in [3.05, 3.63) is 95.6 Å². The summed E-state index contributed by atoms with van der Waals surface area (Å²) in [6.07, 6.45) is -4.73. The van der Waals surface area contributed by atoms with Crippen LogP contribution < -0.4 is 9.47 Å². The van der Waals surface area contributed by atoms with Crippen LogP contribution in [0.25, 0.3) is 0 Å². The smallest absolute Gasteiger partial charge is 0.142 e. The lowest BCUT2D eigenvalue weighted by atomic mass is 9.97. The fraction of sp³-hybridized carbons (Fsp3) is 0.259. The van der Waals surface area contributed by atoms with Crippen LogP contribution in [0.4, 0.5) is 0 Å². The van der Waals surface area contributed by atoms with Gasteiger partial charge in [0.25, 0.3) is 0 Å². The van der Waals surface area contributed by atoms with E-state index in [-0.39, 0.29) is 28.4 Å². The summed E-state index contributed by atoms with van der Waals surface area (Å²) in [6, 6.07) is 26.6. The number of rotatable bonds is 6. The molecule has 1 fully saturated rings. The normalized spacial score (nSPS) is 26.1. The van der Waals surface area contributed by atoms with E-state index in [0.29, 0.717) is 6.42 Å². The van der Waals surface area contributed by atoms with Gasteiger partial charge in [0.1, 0.15) is 48.1 Å². The zero-order valence-electron chi connectivity index (χ0n) is 18.7. The summed E-state index contributed by atoms with van der Waals surface area (Å²) >= 11 is 0. The Kier molecular flexibility index (Phi) is 7.79. The van der Waals surface area contributed by atoms with Crippen molar-refractivity contribution < 1.29 is 23.9 Å². The number of aliphatic hydroxyl groups is 2. The number of ether oxygens (including phenoxy) is 2. The summed E-state index contributed by atoms with van der Waals surface area (Å²) in [6.45, 7) is 0. The topological polar surface area (TPSA) is 124 Å². The lowest BCUT2D eigenvalue weighted by Gasteiger charge is -2.31. The number of hydrogen-bond acceptors (Lipinski definition) is 7. The molecule has 1 aliphatic heterocycles. The first kappa shape index (κ1) is 24.4. The zero-order valence-corrected chi connectivity index (χ0v) is 19.5. The molecule has 1 aliphatic rings. The molecule has 3 aromatic rings. The first-order chi connectivity index (χ1) is 17.0. The van der Waals surface area contributed by atoms with Crippen molar-refractivity contribution in [3.63, 3.8) is 0 Å². The quantitative estimate of drug-likeness (QED) is 0.547. The average molecular weight is 489 g/mol. The van der Waals surface area contributed by atoms with Gasteiger partial charge in [0.05, 0.1) is 22.1 Å². The second kappa shape index (κ2) is 11.2. The second-order valence-corrected chi connectivity index (χ2v) is 9.91. The summed E-state index contributed by atoms with van der Waals surface area (Å²) in [5.41, 5.74) is 1.42. The summed E-state index contributed by atoms with van der Waals surface area (Å²) < 4.78 is 25.6. The maximum atomic E-state index is 13.6. The van der Waals surface area contributed by atoms with E-state index in [1.165, 1.54) is 0 Å². The highest BCUT2D eigenvalue weighted by molar-refractivity contribution is 7.85. The summed E-state index contributed by atoms with van der Waals surface area (Å²) in [7, 11) is -1.60. The van der Waals surface area contributed by atoms with E-state index in [1.54, 1.807) is 48.5 Å². The fourth-order valence-electron chi connectivity index (χ4n) is 4.11. The van der Waals surface area contributed by atoms with Gasteiger partial charge in [-0.25, -0.2) is 0 Å². The molecule has 0 saturated carbocycles. The maximum Gasteiger partial charge on any atom is 0.142 e. The number of aliphatic hydroxyl groups excluding tert-OH is 2. The van der Waals surface area contributed by atoms with Crippen molar-refractivity contribution in [1.29, 1.82) is 10.5 Å². The van der Waals surface area contributed by atoms with E-state index in [4.69, 9.17) is 9.47 Å². The molecule has 0 radical (unpaired) electrons. The van der Waals surface area contributed by atoms with Gasteiger partial charge in [-0.15, -0.1) is 0 Å². The van der Waals surface area contributed by atoms with Gasteiger partial charge in [-0.3, -0.25) is 4.21 Å². The molecule has 35 heavy (non-hydrogen) atoms. The molecule has 6 atom stereocenters. The molecule has 8 heteroatoms. The third-order valence-corrected chi connectivity index (χ3v) is 7.70. The van der Waals surface area contributed by atoms with E-state index in [1.807, 2.05) is 36.4 Å². The first-order valence-corrected chi connectivity index (χ1v) is 12.5. The standard InChI is InChI=1S/C27H24N2O5S/c28-15-19-10-4-6-12-21(19)33-23-17-35(32)24(14-18-8-2-1-3-9-18)27(26(31)25(23)30)34-22-13-7-5-11-20(22)16-29/h1-13,23-27,30-31H,14,17H2/t23-,24+,25-,26+,27-,35?/m0/s1. The Morgan fingerprint density at radius 2 is 1.34 bits per heavy atom. The molecule has 0 spiro atoms. The van der Waals surface area contributed by atoms with Crippen LogP contribution in [-0.4, -0.2) is 49.8 Å². The van der Waals surface area contributed by atoms with Crippen LogP contribution in [-0.2, 0) is 17.2 Å². The van der Waals surface area contributed by atoms with Gasteiger partial charge in [-0.05, 0) is 36.2 Å². The number of hydrogen-bond donors (Lipinski definition) is 2. The summed E-state index contributed by atoms with van der Waals surface area (Å²) in [5.74, 6) is 0.391. The molecular weight excluding hydrogens is 464 g/mol. The lowest BCUT2D eigenvalue weighted by molar-refractivity contribution is -0.0823. The molecule has 0 bridgehead atoms.